The van der Waals surface area contributed by atoms with Crippen molar-refractivity contribution >= 4 is 45.2 Å². The number of aryl methyl sites for hydroxylation is 1. The molecule has 0 unspecified atom stereocenters. The van der Waals surface area contributed by atoms with E-state index in [0.717, 1.165) is 15.6 Å². The predicted octanol–water partition coefficient (Wildman–Crippen LogP) is 5.67. The molecule has 3 aromatic carbocycles. The van der Waals surface area contributed by atoms with Crippen LogP contribution in [0.3, 0.4) is 0 Å². The third-order valence-electron chi connectivity index (χ3n) is 4.38. The summed E-state index contributed by atoms with van der Waals surface area (Å²) in [5.41, 5.74) is 3.46. The Bertz CT molecular complexity index is 1110. The number of benzene rings is 3. The average Bonchev–Trinajstić information content (AvgIpc) is 2.73. The summed E-state index contributed by atoms with van der Waals surface area (Å²) in [6.45, 7) is 1.89. The molecule has 0 aliphatic rings. The number of carbonyl (C=O) groups is 2. The molecule has 152 valence electrons. The number of halogens is 1. The van der Waals surface area contributed by atoms with Crippen molar-refractivity contribution in [1.82, 2.24) is 0 Å². The van der Waals surface area contributed by atoms with E-state index < -0.39 is 0 Å². The number of carbonyl (C=O) groups excluding carboxylic acids is 2. The van der Waals surface area contributed by atoms with Crippen LogP contribution in [0.25, 0.3) is 6.08 Å². The van der Waals surface area contributed by atoms with E-state index in [0.29, 0.717) is 22.7 Å². The van der Waals surface area contributed by atoms with Crippen LogP contribution in [0.4, 0.5) is 11.4 Å². The number of hydrogen-bond donors (Lipinski definition) is 2. The number of nitrogens with one attached hydrogen (secondary N) is 2. The number of hydrogen-bond acceptors (Lipinski definition) is 3. The summed E-state index contributed by atoms with van der Waals surface area (Å²) in [4.78, 5) is 24.8. The zero-order chi connectivity index (χ0) is 21.5. The molecule has 0 aliphatic carbocycles. The Labute approximate surface area is 183 Å². The van der Waals surface area contributed by atoms with Crippen LogP contribution in [0.2, 0.25) is 0 Å². The van der Waals surface area contributed by atoms with Gasteiger partial charge in [0.05, 0.1) is 7.11 Å². The van der Waals surface area contributed by atoms with Crippen LogP contribution >= 0.6 is 15.9 Å². The fourth-order valence-corrected chi connectivity index (χ4v) is 3.26. The van der Waals surface area contributed by atoms with Gasteiger partial charge < -0.3 is 15.4 Å². The lowest BCUT2D eigenvalue weighted by Gasteiger charge is -2.09. The number of amides is 2. The molecule has 0 heterocycles. The van der Waals surface area contributed by atoms with Crippen molar-refractivity contribution in [3.8, 4) is 5.75 Å². The Morgan fingerprint density at radius 1 is 0.933 bits per heavy atom. The second-order valence-corrected chi connectivity index (χ2v) is 7.47. The average molecular weight is 465 g/mol. The van der Waals surface area contributed by atoms with E-state index in [2.05, 4.69) is 26.6 Å². The first-order chi connectivity index (χ1) is 14.5. The Kier molecular flexibility index (Phi) is 7.03. The molecule has 0 saturated carbocycles. The van der Waals surface area contributed by atoms with E-state index in [9.17, 15) is 9.59 Å². The molecule has 3 rings (SSSR count). The van der Waals surface area contributed by atoms with Crippen LogP contribution in [0.15, 0.2) is 77.3 Å². The highest BCUT2D eigenvalue weighted by molar-refractivity contribution is 9.10. The van der Waals surface area contributed by atoms with Gasteiger partial charge in [0.15, 0.2) is 0 Å². The molecule has 0 radical (unpaired) electrons. The fourth-order valence-electron chi connectivity index (χ4n) is 2.89. The number of rotatable bonds is 6. The summed E-state index contributed by atoms with van der Waals surface area (Å²) in [5.74, 6) is 0.181. The van der Waals surface area contributed by atoms with Crippen molar-refractivity contribution in [3.05, 3.63) is 94.0 Å². The van der Waals surface area contributed by atoms with Gasteiger partial charge in [-0.1, -0.05) is 40.2 Å². The number of methoxy groups -OCH3 is 1. The third kappa shape index (κ3) is 5.58. The minimum Gasteiger partial charge on any atom is -0.496 e. The quantitative estimate of drug-likeness (QED) is 0.461. The first-order valence-corrected chi connectivity index (χ1v) is 10.1. The predicted molar refractivity (Wildman–Crippen MR) is 124 cm³/mol. The molecule has 0 aromatic heterocycles. The first-order valence-electron chi connectivity index (χ1n) is 9.26. The topological polar surface area (TPSA) is 67.4 Å². The van der Waals surface area contributed by atoms with Crippen LogP contribution < -0.4 is 15.4 Å². The van der Waals surface area contributed by atoms with E-state index >= 15 is 0 Å². The summed E-state index contributed by atoms with van der Waals surface area (Å²) in [6.07, 6.45) is 3.12. The van der Waals surface area contributed by atoms with E-state index in [1.165, 1.54) is 6.08 Å². The smallest absolute Gasteiger partial charge is 0.255 e. The summed E-state index contributed by atoms with van der Waals surface area (Å²) in [7, 11) is 1.58. The lowest BCUT2D eigenvalue weighted by Crippen LogP contribution is -2.14. The Balaban J connectivity index is 1.68. The summed E-state index contributed by atoms with van der Waals surface area (Å²) >= 11 is 3.41. The molecular weight excluding hydrogens is 444 g/mol. The maximum absolute atomic E-state index is 12.5. The molecule has 3 aromatic rings. The lowest BCUT2D eigenvalue weighted by atomic mass is 10.1. The molecule has 0 saturated heterocycles. The minimum atomic E-state index is -0.292. The summed E-state index contributed by atoms with van der Waals surface area (Å²) in [6, 6.07) is 19.9. The molecule has 5 nitrogen and oxygen atoms in total. The van der Waals surface area contributed by atoms with E-state index in [-0.39, 0.29) is 11.8 Å². The highest BCUT2D eigenvalue weighted by atomic mass is 79.9. The van der Waals surface area contributed by atoms with Gasteiger partial charge in [0.1, 0.15) is 5.75 Å². The molecular formula is C24H21BrN2O3. The highest BCUT2D eigenvalue weighted by Crippen LogP contribution is 2.24. The van der Waals surface area contributed by atoms with Gasteiger partial charge in [-0.15, -0.1) is 0 Å². The summed E-state index contributed by atoms with van der Waals surface area (Å²) in [5, 5.41) is 5.66. The van der Waals surface area contributed by atoms with Crippen molar-refractivity contribution < 1.29 is 14.3 Å². The molecule has 2 N–H and O–H groups in total. The van der Waals surface area contributed by atoms with Gasteiger partial charge >= 0.3 is 0 Å². The van der Waals surface area contributed by atoms with Gasteiger partial charge in [0.2, 0.25) is 5.91 Å². The van der Waals surface area contributed by atoms with E-state index in [1.807, 2.05) is 43.3 Å². The largest absolute Gasteiger partial charge is 0.496 e. The van der Waals surface area contributed by atoms with Crippen molar-refractivity contribution in [2.45, 2.75) is 6.92 Å². The van der Waals surface area contributed by atoms with Crippen LogP contribution in [-0.2, 0) is 4.79 Å². The van der Waals surface area contributed by atoms with Gasteiger partial charge in [0.25, 0.3) is 5.91 Å². The normalized spacial score (nSPS) is 10.6. The second kappa shape index (κ2) is 9.89. The zero-order valence-corrected chi connectivity index (χ0v) is 18.2. The fraction of sp³-hybridized carbons (Fsp3) is 0.0833. The molecule has 2 amide bonds. The van der Waals surface area contributed by atoms with Crippen LogP contribution in [0.1, 0.15) is 21.5 Å². The minimum absolute atomic E-state index is 0.196. The molecule has 0 aliphatic heterocycles. The van der Waals surface area contributed by atoms with Crippen LogP contribution in [0, 0.1) is 6.92 Å². The number of anilines is 2. The highest BCUT2D eigenvalue weighted by Gasteiger charge is 2.09. The van der Waals surface area contributed by atoms with Crippen LogP contribution in [0.5, 0.6) is 5.75 Å². The van der Waals surface area contributed by atoms with Gasteiger partial charge in [-0.25, -0.2) is 0 Å². The van der Waals surface area contributed by atoms with E-state index in [4.69, 9.17) is 4.74 Å². The second-order valence-electron chi connectivity index (χ2n) is 6.56. The Morgan fingerprint density at radius 3 is 2.40 bits per heavy atom. The standard InChI is InChI=1S/C24H21BrN2O3/c1-16-6-3-4-9-21(16)24(29)27-20-8-5-7-19(15-20)26-23(28)13-10-17-14-18(25)11-12-22(17)30-2/h3-15H,1-2H3,(H,26,28)(H,27,29)/b13-10+. The SMILES string of the molecule is COc1ccc(Br)cc1/C=C/C(=O)Nc1cccc(NC(=O)c2ccccc2C)c1. The maximum atomic E-state index is 12.5. The monoisotopic (exact) mass is 464 g/mol. The van der Waals surface area contributed by atoms with Crippen molar-refractivity contribution in [2.75, 3.05) is 17.7 Å². The third-order valence-corrected chi connectivity index (χ3v) is 4.88. The molecule has 30 heavy (non-hydrogen) atoms. The summed E-state index contributed by atoms with van der Waals surface area (Å²) < 4.78 is 6.19. The number of ether oxygens (including phenoxy) is 1. The van der Waals surface area contributed by atoms with Crippen molar-refractivity contribution in [2.24, 2.45) is 0 Å². The van der Waals surface area contributed by atoms with Crippen LogP contribution in [-0.4, -0.2) is 18.9 Å². The molecule has 0 bridgehead atoms. The zero-order valence-electron chi connectivity index (χ0n) is 16.6. The van der Waals surface area contributed by atoms with Crippen molar-refractivity contribution in [1.29, 1.82) is 0 Å². The van der Waals surface area contributed by atoms with Gasteiger partial charge in [-0.05, 0) is 61.0 Å². The molecule has 0 fully saturated rings. The molecule has 0 atom stereocenters. The first kappa shape index (κ1) is 21.3. The molecule has 6 heteroatoms. The maximum Gasteiger partial charge on any atom is 0.255 e. The van der Waals surface area contributed by atoms with Crippen molar-refractivity contribution in [3.63, 3.8) is 0 Å². The lowest BCUT2D eigenvalue weighted by molar-refractivity contribution is -0.111. The Hall–Kier alpha value is -3.38. The van der Waals surface area contributed by atoms with E-state index in [1.54, 1.807) is 43.5 Å². The van der Waals surface area contributed by atoms with Gasteiger partial charge in [0, 0.05) is 33.1 Å². The molecule has 0 spiro atoms. The van der Waals surface area contributed by atoms with Gasteiger partial charge in [-0.2, -0.15) is 0 Å². The Morgan fingerprint density at radius 2 is 1.67 bits per heavy atom. The van der Waals surface area contributed by atoms with Gasteiger partial charge in [-0.3, -0.25) is 9.59 Å².